The lowest BCUT2D eigenvalue weighted by Gasteiger charge is -2.06. The molecule has 0 aliphatic rings. The summed E-state index contributed by atoms with van der Waals surface area (Å²) in [7, 11) is 0. The highest BCUT2D eigenvalue weighted by molar-refractivity contribution is 9.10. The van der Waals surface area contributed by atoms with Crippen molar-refractivity contribution >= 4 is 21.6 Å². The first-order chi connectivity index (χ1) is 8.95. The molecule has 0 aliphatic carbocycles. The van der Waals surface area contributed by atoms with Crippen LogP contribution >= 0.6 is 15.9 Å². The first-order valence-corrected chi connectivity index (χ1v) is 5.83. The van der Waals surface area contributed by atoms with Gasteiger partial charge in [-0.25, -0.2) is 8.78 Å². The zero-order valence-corrected chi connectivity index (χ0v) is 10.9. The fourth-order valence-corrected chi connectivity index (χ4v) is 1.75. The molecular weight excluding hydrogens is 324 g/mol. The summed E-state index contributed by atoms with van der Waals surface area (Å²) < 4.78 is 31.6. The van der Waals surface area contributed by atoms with Gasteiger partial charge in [0.1, 0.15) is 23.1 Å². The van der Waals surface area contributed by atoms with Crippen LogP contribution in [0.3, 0.4) is 0 Å². The predicted octanol–water partition coefficient (Wildman–Crippen LogP) is 4.43. The third-order valence-corrected chi connectivity index (χ3v) is 2.80. The van der Waals surface area contributed by atoms with E-state index in [1.807, 2.05) is 0 Å². The van der Waals surface area contributed by atoms with E-state index >= 15 is 0 Å². The number of nitrogens with zero attached hydrogens (tertiary/aromatic N) is 1. The van der Waals surface area contributed by atoms with E-state index < -0.39 is 22.2 Å². The lowest BCUT2D eigenvalue weighted by Crippen LogP contribution is -1.92. The van der Waals surface area contributed by atoms with Crippen molar-refractivity contribution in [2.24, 2.45) is 0 Å². The van der Waals surface area contributed by atoms with E-state index in [1.165, 1.54) is 12.1 Å². The number of nitro benzene ring substituents is 1. The van der Waals surface area contributed by atoms with E-state index in [1.54, 1.807) is 0 Å². The second kappa shape index (κ2) is 5.31. The van der Waals surface area contributed by atoms with Crippen LogP contribution < -0.4 is 4.74 Å². The fourth-order valence-electron chi connectivity index (χ4n) is 1.39. The van der Waals surface area contributed by atoms with Crippen LogP contribution in [0.25, 0.3) is 0 Å². The summed E-state index contributed by atoms with van der Waals surface area (Å²) in [6.45, 7) is 0. The van der Waals surface area contributed by atoms with Crippen LogP contribution in [0, 0.1) is 21.7 Å². The molecule has 98 valence electrons. The second-order valence-corrected chi connectivity index (χ2v) is 4.43. The molecule has 0 fully saturated rings. The summed E-state index contributed by atoms with van der Waals surface area (Å²) in [5.41, 5.74) is -0.420. The van der Waals surface area contributed by atoms with E-state index in [9.17, 15) is 18.9 Å². The van der Waals surface area contributed by atoms with Crippen LogP contribution in [0.2, 0.25) is 0 Å². The molecule has 0 bridgehead atoms. The van der Waals surface area contributed by atoms with Crippen LogP contribution in [0.5, 0.6) is 11.5 Å². The van der Waals surface area contributed by atoms with Gasteiger partial charge in [-0.15, -0.1) is 0 Å². The van der Waals surface area contributed by atoms with Crippen LogP contribution in [-0.4, -0.2) is 4.92 Å². The smallest absolute Gasteiger partial charge is 0.276 e. The van der Waals surface area contributed by atoms with Gasteiger partial charge < -0.3 is 4.74 Å². The van der Waals surface area contributed by atoms with Gasteiger partial charge in [0.15, 0.2) is 0 Å². The van der Waals surface area contributed by atoms with Crippen molar-refractivity contribution in [3.8, 4) is 11.5 Å². The average Bonchev–Trinajstić information content (AvgIpc) is 2.33. The Morgan fingerprint density at radius 1 is 1.11 bits per heavy atom. The van der Waals surface area contributed by atoms with Crippen molar-refractivity contribution in [3.63, 3.8) is 0 Å². The minimum atomic E-state index is -0.787. The zero-order valence-electron chi connectivity index (χ0n) is 9.27. The number of ether oxygens (including phenoxy) is 1. The summed E-state index contributed by atoms with van der Waals surface area (Å²) in [5, 5.41) is 10.6. The quantitative estimate of drug-likeness (QED) is 0.618. The SMILES string of the molecule is O=[N+]([O-])c1cc(F)cc(Oc2ccc(F)c(Br)c2)c1. The highest BCUT2D eigenvalue weighted by atomic mass is 79.9. The maximum Gasteiger partial charge on any atom is 0.276 e. The number of rotatable bonds is 3. The molecule has 0 unspecified atom stereocenters. The molecule has 0 amide bonds. The molecule has 0 spiro atoms. The Morgan fingerprint density at radius 2 is 1.84 bits per heavy atom. The molecule has 19 heavy (non-hydrogen) atoms. The first kappa shape index (κ1) is 13.4. The average molecular weight is 330 g/mol. The third kappa shape index (κ3) is 3.25. The Hall–Kier alpha value is -2.02. The Bertz CT molecular complexity index is 649. The molecule has 0 atom stereocenters. The summed E-state index contributed by atoms with van der Waals surface area (Å²) in [4.78, 5) is 9.86. The predicted molar refractivity (Wildman–Crippen MR) is 67.2 cm³/mol. The highest BCUT2D eigenvalue weighted by Crippen LogP contribution is 2.29. The fraction of sp³-hybridized carbons (Fsp3) is 0. The van der Waals surface area contributed by atoms with Gasteiger partial charge in [0, 0.05) is 6.07 Å². The number of hydrogen-bond donors (Lipinski definition) is 0. The molecule has 0 N–H and O–H groups in total. The van der Waals surface area contributed by atoms with Gasteiger partial charge >= 0.3 is 0 Å². The van der Waals surface area contributed by atoms with Gasteiger partial charge in [0.2, 0.25) is 0 Å². The molecule has 2 aromatic rings. The molecular formula is C12H6BrF2NO3. The van der Waals surface area contributed by atoms with E-state index in [0.29, 0.717) is 0 Å². The van der Waals surface area contributed by atoms with E-state index in [-0.39, 0.29) is 16.0 Å². The Kier molecular flexibility index (Phi) is 3.75. The lowest BCUT2D eigenvalue weighted by atomic mass is 10.3. The van der Waals surface area contributed by atoms with E-state index in [0.717, 1.165) is 24.3 Å². The van der Waals surface area contributed by atoms with Gasteiger partial charge in [0.05, 0.1) is 21.5 Å². The lowest BCUT2D eigenvalue weighted by molar-refractivity contribution is -0.385. The van der Waals surface area contributed by atoms with E-state index in [2.05, 4.69) is 15.9 Å². The zero-order chi connectivity index (χ0) is 14.0. The maximum absolute atomic E-state index is 13.2. The summed E-state index contributed by atoms with van der Waals surface area (Å²) in [5.74, 6) is -1.07. The number of nitro groups is 1. The highest BCUT2D eigenvalue weighted by Gasteiger charge is 2.11. The van der Waals surface area contributed by atoms with Crippen molar-refractivity contribution in [2.45, 2.75) is 0 Å². The Labute approximate surface area is 114 Å². The molecule has 0 radical (unpaired) electrons. The number of halogens is 3. The Balaban J connectivity index is 2.32. The summed E-state index contributed by atoms with van der Waals surface area (Å²) in [6, 6.07) is 6.70. The van der Waals surface area contributed by atoms with Gasteiger partial charge in [0.25, 0.3) is 5.69 Å². The summed E-state index contributed by atoms with van der Waals surface area (Å²) in [6.07, 6.45) is 0. The van der Waals surface area contributed by atoms with Crippen LogP contribution in [0.15, 0.2) is 40.9 Å². The van der Waals surface area contributed by atoms with Crippen molar-refractivity contribution in [1.29, 1.82) is 0 Å². The van der Waals surface area contributed by atoms with E-state index in [4.69, 9.17) is 4.74 Å². The molecule has 2 aromatic carbocycles. The molecule has 0 saturated heterocycles. The molecule has 0 aromatic heterocycles. The monoisotopic (exact) mass is 329 g/mol. The molecule has 2 rings (SSSR count). The Morgan fingerprint density at radius 3 is 2.47 bits per heavy atom. The number of hydrogen-bond acceptors (Lipinski definition) is 3. The second-order valence-electron chi connectivity index (χ2n) is 3.58. The van der Waals surface area contributed by atoms with Crippen LogP contribution in [-0.2, 0) is 0 Å². The van der Waals surface area contributed by atoms with Crippen molar-refractivity contribution in [2.75, 3.05) is 0 Å². The van der Waals surface area contributed by atoms with Crippen molar-refractivity contribution in [3.05, 3.63) is 62.6 Å². The van der Waals surface area contributed by atoms with Crippen molar-refractivity contribution < 1.29 is 18.4 Å². The topological polar surface area (TPSA) is 52.4 Å². The van der Waals surface area contributed by atoms with Crippen LogP contribution in [0.4, 0.5) is 14.5 Å². The number of benzene rings is 2. The normalized spacial score (nSPS) is 10.3. The van der Waals surface area contributed by atoms with Crippen molar-refractivity contribution in [1.82, 2.24) is 0 Å². The number of non-ortho nitro benzene ring substituents is 1. The standard InChI is InChI=1S/C12H6BrF2NO3/c13-11-6-9(1-2-12(11)15)19-10-4-7(14)3-8(5-10)16(17)18/h1-6H. The van der Waals surface area contributed by atoms with Gasteiger partial charge in [-0.3, -0.25) is 10.1 Å². The molecule has 4 nitrogen and oxygen atoms in total. The largest absolute Gasteiger partial charge is 0.457 e. The molecule has 7 heteroatoms. The molecule has 0 heterocycles. The van der Waals surface area contributed by atoms with Gasteiger partial charge in [-0.2, -0.15) is 0 Å². The molecule has 0 saturated carbocycles. The molecule has 0 aliphatic heterocycles. The minimum Gasteiger partial charge on any atom is -0.457 e. The van der Waals surface area contributed by atoms with Gasteiger partial charge in [-0.05, 0) is 34.1 Å². The first-order valence-electron chi connectivity index (χ1n) is 5.03. The maximum atomic E-state index is 13.2. The minimum absolute atomic E-state index is 0.0368. The third-order valence-electron chi connectivity index (χ3n) is 2.19. The van der Waals surface area contributed by atoms with Gasteiger partial charge in [-0.1, -0.05) is 0 Å². The van der Waals surface area contributed by atoms with Crippen LogP contribution in [0.1, 0.15) is 0 Å². The summed E-state index contributed by atoms with van der Waals surface area (Å²) >= 11 is 2.97.